The Morgan fingerprint density at radius 2 is 1.83 bits per heavy atom. The van der Waals surface area contributed by atoms with E-state index in [-0.39, 0.29) is 6.61 Å². The van der Waals surface area contributed by atoms with Gasteiger partial charge in [0.25, 0.3) is 0 Å². The zero-order valence-electron chi connectivity index (χ0n) is 13.9. The molecule has 0 heterocycles. The fraction of sp³-hybridized carbons (Fsp3) is 0.556. The monoisotopic (exact) mass is 335 g/mol. The molecule has 0 radical (unpaired) electrons. The topological polar surface area (TPSA) is 95.9 Å². The van der Waals surface area contributed by atoms with Crippen molar-refractivity contribution in [3.05, 3.63) is 35.4 Å². The van der Waals surface area contributed by atoms with Crippen LogP contribution in [0.3, 0.4) is 0 Å². The predicted octanol–water partition coefficient (Wildman–Crippen LogP) is 2.79. The van der Waals surface area contributed by atoms with Gasteiger partial charge in [0.15, 0.2) is 6.04 Å². The highest BCUT2D eigenvalue weighted by Gasteiger charge is 2.25. The molecule has 2 rings (SSSR count). The number of aliphatic hydroxyl groups is 1. The third kappa shape index (κ3) is 5.23. The normalized spacial score (nSPS) is 17.8. The first kappa shape index (κ1) is 18.3. The molecule has 3 N–H and O–H groups in total. The highest BCUT2D eigenvalue weighted by molar-refractivity contribution is 5.80. The van der Waals surface area contributed by atoms with Gasteiger partial charge >= 0.3 is 12.1 Å². The molecule has 0 aromatic heterocycles. The van der Waals surface area contributed by atoms with E-state index >= 15 is 0 Å². The summed E-state index contributed by atoms with van der Waals surface area (Å²) in [4.78, 5) is 22.6. The number of carbonyl (C=O) groups is 2. The molecule has 1 fully saturated rings. The van der Waals surface area contributed by atoms with E-state index in [1.54, 1.807) is 0 Å². The number of carbonyl (C=O) groups excluding carboxylic acids is 1. The second-order valence-electron chi connectivity index (χ2n) is 6.35. The summed E-state index contributed by atoms with van der Waals surface area (Å²) in [7, 11) is 0. The number of nitrogens with one attached hydrogen (secondary N) is 1. The summed E-state index contributed by atoms with van der Waals surface area (Å²) >= 11 is 0. The van der Waals surface area contributed by atoms with E-state index < -0.39 is 24.2 Å². The third-order valence-electron chi connectivity index (χ3n) is 4.45. The summed E-state index contributed by atoms with van der Waals surface area (Å²) in [6, 6.07) is 6.62. The molecule has 6 nitrogen and oxygen atoms in total. The molecule has 1 aliphatic rings. The molecule has 24 heavy (non-hydrogen) atoms. The fourth-order valence-corrected chi connectivity index (χ4v) is 3.03. The van der Waals surface area contributed by atoms with Crippen LogP contribution in [0.5, 0.6) is 0 Å². The lowest BCUT2D eigenvalue weighted by Gasteiger charge is -2.22. The maximum absolute atomic E-state index is 11.6. The molecule has 6 heteroatoms. The van der Waals surface area contributed by atoms with Gasteiger partial charge in [-0.2, -0.15) is 0 Å². The van der Waals surface area contributed by atoms with E-state index in [2.05, 4.69) is 17.4 Å². The van der Waals surface area contributed by atoms with Gasteiger partial charge in [-0.05, 0) is 36.8 Å². The van der Waals surface area contributed by atoms with Gasteiger partial charge in [-0.15, -0.1) is 0 Å². The average Bonchev–Trinajstić information content (AvgIpc) is 2.58. The smallest absolute Gasteiger partial charge is 0.408 e. The number of carboxylic acids is 1. The van der Waals surface area contributed by atoms with Crippen LogP contribution in [-0.2, 0) is 16.1 Å². The Kier molecular flexibility index (Phi) is 6.61. The van der Waals surface area contributed by atoms with Crippen molar-refractivity contribution in [2.45, 2.75) is 63.7 Å². The van der Waals surface area contributed by atoms with Crippen LogP contribution in [0.1, 0.15) is 56.1 Å². The molecule has 1 amide bonds. The fourth-order valence-electron chi connectivity index (χ4n) is 3.03. The Balaban J connectivity index is 1.83. The second-order valence-corrected chi connectivity index (χ2v) is 6.35. The van der Waals surface area contributed by atoms with E-state index in [1.807, 2.05) is 12.1 Å². The Morgan fingerprint density at radius 3 is 2.38 bits per heavy atom. The third-order valence-corrected chi connectivity index (χ3v) is 4.45. The average molecular weight is 335 g/mol. The van der Waals surface area contributed by atoms with Crippen LogP contribution >= 0.6 is 0 Å². The first-order valence-electron chi connectivity index (χ1n) is 8.40. The summed E-state index contributed by atoms with van der Waals surface area (Å²) in [5.74, 6) is -0.682. The maximum Gasteiger partial charge on any atom is 0.408 e. The molecule has 0 bridgehead atoms. The number of benzene rings is 1. The lowest BCUT2D eigenvalue weighted by molar-refractivity contribution is -0.142. The van der Waals surface area contributed by atoms with Crippen molar-refractivity contribution in [3.63, 3.8) is 0 Å². The van der Waals surface area contributed by atoms with Crippen LogP contribution in [0.15, 0.2) is 24.3 Å². The van der Waals surface area contributed by atoms with Gasteiger partial charge in [0.05, 0.1) is 6.10 Å². The Labute approximate surface area is 141 Å². The molecule has 132 valence electrons. The van der Waals surface area contributed by atoms with Crippen molar-refractivity contribution in [2.24, 2.45) is 0 Å². The van der Waals surface area contributed by atoms with Gasteiger partial charge < -0.3 is 20.3 Å². The number of aliphatic carboxylic acids is 1. The summed E-state index contributed by atoms with van der Waals surface area (Å²) < 4.78 is 5.02. The van der Waals surface area contributed by atoms with Crippen molar-refractivity contribution in [2.75, 3.05) is 0 Å². The number of alkyl carbamates (subject to hydrolysis) is 1. The van der Waals surface area contributed by atoms with E-state index in [0.29, 0.717) is 5.92 Å². The Morgan fingerprint density at radius 1 is 1.21 bits per heavy atom. The first-order chi connectivity index (χ1) is 11.5. The van der Waals surface area contributed by atoms with Crippen LogP contribution < -0.4 is 5.32 Å². The van der Waals surface area contributed by atoms with Crippen LogP contribution in [0.2, 0.25) is 0 Å². The van der Waals surface area contributed by atoms with Crippen molar-refractivity contribution in [1.82, 2.24) is 5.32 Å². The molecule has 1 aromatic carbocycles. The Hall–Kier alpha value is -2.08. The largest absolute Gasteiger partial charge is 0.480 e. The highest BCUT2D eigenvalue weighted by Crippen LogP contribution is 2.32. The first-order valence-corrected chi connectivity index (χ1v) is 8.40. The number of hydrogen-bond acceptors (Lipinski definition) is 4. The number of ether oxygens (including phenoxy) is 1. The zero-order chi connectivity index (χ0) is 17.5. The van der Waals surface area contributed by atoms with E-state index in [0.717, 1.165) is 5.56 Å². The molecule has 0 unspecified atom stereocenters. The van der Waals surface area contributed by atoms with E-state index in [1.165, 1.54) is 44.6 Å². The van der Waals surface area contributed by atoms with Gasteiger partial charge in [0.1, 0.15) is 6.61 Å². The van der Waals surface area contributed by atoms with Gasteiger partial charge in [-0.3, -0.25) is 0 Å². The molecule has 0 spiro atoms. The highest BCUT2D eigenvalue weighted by atomic mass is 16.5. The standard InChI is InChI=1S/C18H25NO5/c1-12(20)16(17(21)22)19-18(23)24-11-13-7-9-15(10-8-13)14-5-3-2-4-6-14/h7-10,12,14,16,20H,2-6,11H2,1H3,(H,19,23)(H,21,22)/t12-,16+/m0/s1. The van der Waals surface area contributed by atoms with E-state index in [4.69, 9.17) is 9.84 Å². The zero-order valence-corrected chi connectivity index (χ0v) is 13.9. The molecule has 2 atom stereocenters. The number of amides is 1. The number of aliphatic hydroxyl groups excluding tert-OH is 1. The van der Waals surface area contributed by atoms with Crippen molar-refractivity contribution in [3.8, 4) is 0 Å². The molecule has 0 aliphatic heterocycles. The van der Waals surface area contributed by atoms with Gasteiger partial charge in [-0.1, -0.05) is 43.5 Å². The minimum Gasteiger partial charge on any atom is -0.480 e. The van der Waals surface area contributed by atoms with Crippen LogP contribution in [0.25, 0.3) is 0 Å². The molecular weight excluding hydrogens is 310 g/mol. The Bertz CT molecular complexity index is 549. The van der Waals surface area contributed by atoms with Crippen LogP contribution in [0.4, 0.5) is 4.79 Å². The minimum absolute atomic E-state index is 0.0585. The summed E-state index contributed by atoms with van der Waals surface area (Å²) in [6.07, 6.45) is 4.28. The summed E-state index contributed by atoms with van der Waals surface area (Å²) in [6.45, 7) is 1.35. The second kappa shape index (κ2) is 8.68. The molecular formula is C18H25NO5. The number of carboxylic acid groups (broad SMARTS) is 1. The van der Waals surface area contributed by atoms with Gasteiger partial charge in [-0.25, -0.2) is 9.59 Å². The predicted molar refractivity (Wildman–Crippen MR) is 88.7 cm³/mol. The quantitative estimate of drug-likeness (QED) is 0.743. The number of hydrogen-bond donors (Lipinski definition) is 3. The molecule has 0 saturated heterocycles. The van der Waals surface area contributed by atoms with Crippen molar-refractivity contribution < 1.29 is 24.5 Å². The summed E-state index contributed by atoms with van der Waals surface area (Å²) in [5, 5.41) is 20.4. The lowest BCUT2D eigenvalue weighted by atomic mass is 9.84. The molecule has 1 saturated carbocycles. The van der Waals surface area contributed by atoms with Crippen molar-refractivity contribution >= 4 is 12.1 Å². The van der Waals surface area contributed by atoms with Gasteiger partial charge in [0, 0.05) is 0 Å². The number of rotatable bonds is 6. The minimum atomic E-state index is -1.38. The van der Waals surface area contributed by atoms with E-state index in [9.17, 15) is 14.7 Å². The summed E-state index contributed by atoms with van der Waals surface area (Å²) in [5.41, 5.74) is 2.16. The maximum atomic E-state index is 11.6. The lowest BCUT2D eigenvalue weighted by Crippen LogP contribution is -2.47. The SMILES string of the molecule is C[C@H](O)[C@@H](NC(=O)OCc1ccc(C2CCCCC2)cc1)C(=O)O. The van der Waals surface area contributed by atoms with Crippen LogP contribution in [0, 0.1) is 0 Å². The molecule has 1 aliphatic carbocycles. The van der Waals surface area contributed by atoms with Gasteiger partial charge in [0.2, 0.25) is 0 Å². The van der Waals surface area contributed by atoms with Crippen molar-refractivity contribution in [1.29, 1.82) is 0 Å². The van der Waals surface area contributed by atoms with Crippen LogP contribution in [-0.4, -0.2) is 34.4 Å². The molecule has 1 aromatic rings.